The number of hydrogen-bond donors (Lipinski definition) is 1. The molecule has 0 aliphatic heterocycles. The van der Waals surface area contributed by atoms with Crippen LogP contribution in [-0.2, 0) is 0 Å². The molecule has 0 spiro atoms. The summed E-state index contributed by atoms with van der Waals surface area (Å²) in [6, 6.07) is 0. The summed E-state index contributed by atoms with van der Waals surface area (Å²) in [4.78, 5) is 6.67. The molecule has 1 heterocycles. The Bertz CT molecular complexity index is 322. The molecule has 5 nitrogen and oxygen atoms in total. The van der Waals surface area contributed by atoms with Crippen LogP contribution in [0.3, 0.4) is 0 Å². The first-order valence-electron chi connectivity index (χ1n) is 5.81. The molecule has 1 N–H and O–H groups in total. The lowest BCUT2D eigenvalue weighted by atomic mass is 10.4. The highest BCUT2D eigenvalue weighted by Gasteiger charge is 2.02. The lowest BCUT2D eigenvalue weighted by molar-refractivity contribution is 0.315. The largest absolute Gasteiger partial charge is 0.352 e. The second-order valence-electron chi connectivity index (χ2n) is 3.76. The predicted molar refractivity (Wildman–Crippen MR) is 65.6 cm³/mol. The highest BCUT2D eigenvalue weighted by atomic mass is 15.2. The molecule has 1 rings (SSSR count). The summed E-state index contributed by atoms with van der Waals surface area (Å²) in [6.07, 6.45) is 0. The number of anilines is 1. The standard InChI is InChI=1S/C11H21N5/c1-5-16(6-2)8-7-12-11-13-9(3)10(4)14-15-11/h5-8H2,1-4H3,(H,12,13,15). The molecule has 0 fully saturated rings. The second-order valence-corrected chi connectivity index (χ2v) is 3.76. The van der Waals surface area contributed by atoms with E-state index in [9.17, 15) is 0 Å². The Morgan fingerprint density at radius 3 is 2.31 bits per heavy atom. The Kier molecular flexibility index (Phi) is 5.11. The van der Waals surface area contributed by atoms with Crippen molar-refractivity contribution in [2.45, 2.75) is 27.7 Å². The third-order valence-corrected chi connectivity index (χ3v) is 2.70. The molecule has 0 radical (unpaired) electrons. The highest BCUT2D eigenvalue weighted by Crippen LogP contribution is 2.01. The van der Waals surface area contributed by atoms with Crippen LogP contribution >= 0.6 is 0 Å². The van der Waals surface area contributed by atoms with Gasteiger partial charge in [0.1, 0.15) is 0 Å². The molecular formula is C11H21N5. The molecule has 0 aromatic carbocycles. The maximum atomic E-state index is 4.32. The van der Waals surface area contributed by atoms with Crippen molar-refractivity contribution >= 4 is 5.95 Å². The zero-order chi connectivity index (χ0) is 12.0. The SMILES string of the molecule is CCN(CC)CCNc1nnc(C)c(C)n1. The number of hydrogen-bond acceptors (Lipinski definition) is 5. The van der Waals surface area contributed by atoms with Gasteiger partial charge in [-0.25, -0.2) is 4.98 Å². The Morgan fingerprint density at radius 1 is 1.06 bits per heavy atom. The van der Waals surface area contributed by atoms with Gasteiger partial charge in [-0.1, -0.05) is 13.8 Å². The average molecular weight is 223 g/mol. The van der Waals surface area contributed by atoms with Crippen molar-refractivity contribution in [2.24, 2.45) is 0 Å². The zero-order valence-corrected chi connectivity index (χ0v) is 10.6. The van der Waals surface area contributed by atoms with Crippen molar-refractivity contribution in [1.82, 2.24) is 20.1 Å². The average Bonchev–Trinajstić information content (AvgIpc) is 2.29. The smallest absolute Gasteiger partial charge is 0.243 e. The molecule has 0 aliphatic rings. The van der Waals surface area contributed by atoms with E-state index in [0.717, 1.165) is 37.6 Å². The summed E-state index contributed by atoms with van der Waals surface area (Å²) in [5.41, 5.74) is 1.81. The monoisotopic (exact) mass is 223 g/mol. The molecule has 0 amide bonds. The number of rotatable bonds is 6. The third-order valence-electron chi connectivity index (χ3n) is 2.70. The first-order valence-corrected chi connectivity index (χ1v) is 5.81. The topological polar surface area (TPSA) is 53.9 Å². The van der Waals surface area contributed by atoms with Crippen LogP contribution < -0.4 is 5.32 Å². The van der Waals surface area contributed by atoms with Gasteiger partial charge in [0.15, 0.2) is 0 Å². The van der Waals surface area contributed by atoms with Gasteiger partial charge in [-0.05, 0) is 26.9 Å². The maximum absolute atomic E-state index is 4.32. The quantitative estimate of drug-likeness (QED) is 0.786. The molecule has 0 bridgehead atoms. The second kappa shape index (κ2) is 6.37. The van der Waals surface area contributed by atoms with Gasteiger partial charge in [0.25, 0.3) is 0 Å². The van der Waals surface area contributed by atoms with E-state index in [1.54, 1.807) is 0 Å². The molecule has 0 saturated carbocycles. The van der Waals surface area contributed by atoms with Crippen LogP contribution in [0.4, 0.5) is 5.95 Å². The van der Waals surface area contributed by atoms with E-state index in [4.69, 9.17) is 0 Å². The van der Waals surface area contributed by atoms with Crippen LogP contribution in [0.15, 0.2) is 0 Å². The number of nitrogens with zero attached hydrogens (tertiary/aromatic N) is 4. The molecule has 90 valence electrons. The molecule has 0 aliphatic carbocycles. The van der Waals surface area contributed by atoms with Crippen molar-refractivity contribution in [3.05, 3.63) is 11.4 Å². The van der Waals surface area contributed by atoms with Crippen LogP contribution in [0.5, 0.6) is 0 Å². The van der Waals surface area contributed by atoms with E-state index >= 15 is 0 Å². The molecule has 0 unspecified atom stereocenters. The Balaban J connectivity index is 2.40. The summed E-state index contributed by atoms with van der Waals surface area (Å²) in [5, 5.41) is 11.2. The van der Waals surface area contributed by atoms with E-state index in [-0.39, 0.29) is 0 Å². The van der Waals surface area contributed by atoms with Gasteiger partial charge < -0.3 is 10.2 Å². The summed E-state index contributed by atoms with van der Waals surface area (Å²) in [7, 11) is 0. The van der Waals surface area contributed by atoms with E-state index in [2.05, 4.69) is 39.2 Å². The number of aryl methyl sites for hydroxylation is 2. The Hall–Kier alpha value is -1.23. The van der Waals surface area contributed by atoms with Crippen LogP contribution in [0.1, 0.15) is 25.2 Å². The van der Waals surface area contributed by atoms with E-state index in [1.165, 1.54) is 0 Å². The van der Waals surface area contributed by atoms with Crippen molar-refractivity contribution in [1.29, 1.82) is 0 Å². The molecule has 1 aromatic rings. The first kappa shape index (κ1) is 12.8. The third kappa shape index (κ3) is 3.73. The van der Waals surface area contributed by atoms with Gasteiger partial charge in [-0.3, -0.25) is 0 Å². The lowest BCUT2D eigenvalue weighted by Gasteiger charge is -2.17. The highest BCUT2D eigenvalue weighted by molar-refractivity contribution is 5.24. The maximum Gasteiger partial charge on any atom is 0.243 e. The van der Waals surface area contributed by atoms with Gasteiger partial charge >= 0.3 is 0 Å². The fourth-order valence-electron chi connectivity index (χ4n) is 1.40. The van der Waals surface area contributed by atoms with E-state index in [0.29, 0.717) is 5.95 Å². The molecule has 1 aromatic heterocycles. The molecule has 0 saturated heterocycles. The fraction of sp³-hybridized carbons (Fsp3) is 0.727. The van der Waals surface area contributed by atoms with Crippen molar-refractivity contribution in [2.75, 3.05) is 31.5 Å². The summed E-state index contributed by atoms with van der Waals surface area (Å²) >= 11 is 0. The van der Waals surface area contributed by atoms with Crippen molar-refractivity contribution in [3.8, 4) is 0 Å². The van der Waals surface area contributed by atoms with Crippen LogP contribution in [0.25, 0.3) is 0 Å². The Labute approximate surface area is 97.3 Å². The Morgan fingerprint density at radius 2 is 1.75 bits per heavy atom. The first-order chi connectivity index (χ1) is 7.67. The number of likely N-dealkylation sites (N-methyl/N-ethyl adjacent to an activating group) is 1. The van der Waals surface area contributed by atoms with Gasteiger partial charge in [0.05, 0.1) is 11.4 Å². The molecule has 5 heteroatoms. The normalized spacial score (nSPS) is 10.8. The van der Waals surface area contributed by atoms with Gasteiger partial charge in [0.2, 0.25) is 5.95 Å². The predicted octanol–water partition coefficient (Wildman–Crippen LogP) is 1.24. The number of aromatic nitrogens is 3. The summed E-state index contributed by atoms with van der Waals surface area (Å²) < 4.78 is 0. The zero-order valence-electron chi connectivity index (χ0n) is 10.6. The molecular weight excluding hydrogens is 202 g/mol. The number of nitrogens with one attached hydrogen (secondary N) is 1. The lowest BCUT2D eigenvalue weighted by Crippen LogP contribution is -2.29. The van der Waals surface area contributed by atoms with Crippen LogP contribution in [-0.4, -0.2) is 46.3 Å². The van der Waals surface area contributed by atoms with Gasteiger partial charge in [-0.15, -0.1) is 5.10 Å². The fourth-order valence-corrected chi connectivity index (χ4v) is 1.40. The van der Waals surface area contributed by atoms with E-state index < -0.39 is 0 Å². The summed E-state index contributed by atoms with van der Waals surface area (Å²) in [6.45, 7) is 12.2. The van der Waals surface area contributed by atoms with Crippen molar-refractivity contribution < 1.29 is 0 Å². The van der Waals surface area contributed by atoms with Gasteiger partial charge in [0, 0.05) is 13.1 Å². The minimum absolute atomic E-state index is 0.621. The molecule has 0 atom stereocenters. The van der Waals surface area contributed by atoms with Gasteiger partial charge in [-0.2, -0.15) is 5.10 Å². The molecule has 16 heavy (non-hydrogen) atoms. The minimum atomic E-state index is 0.621. The van der Waals surface area contributed by atoms with Crippen LogP contribution in [0, 0.1) is 13.8 Å². The summed E-state index contributed by atoms with van der Waals surface area (Å²) in [5.74, 6) is 0.621. The van der Waals surface area contributed by atoms with Crippen molar-refractivity contribution in [3.63, 3.8) is 0 Å². The minimum Gasteiger partial charge on any atom is -0.352 e. The van der Waals surface area contributed by atoms with E-state index in [1.807, 2.05) is 13.8 Å². The van der Waals surface area contributed by atoms with Crippen LogP contribution in [0.2, 0.25) is 0 Å².